The summed E-state index contributed by atoms with van der Waals surface area (Å²) in [6.07, 6.45) is 4.25. The van der Waals surface area contributed by atoms with Crippen LogP contribution in [0.4, 0.5) is 5.69 Å². The van der Waals surface area contributed by atoms with Crippen LogP contribution in [0.2, 0.25) is 0 Å². The van der Waals surface area contributed by atoms with Gasteiger partial charge in [-0.15, -0.1) is 0 Å². The number of nitrogens with one attached hydrogen (secondary N) is 1. The topological polar surface area (TPSA) is 73.2 Å². The Morgan fingerprint density at radius 2 is 2.08 bits per heavy atom. The third-order valence-electron chi connectivity index (χ3n) is 4.48. The van der Waals surface area contributed by atoms with Crippen molar-refractivity contribution in [3.05, 3.63) is 46.8 Å². The van der Waals surface area contributed by atoms with Crippen LogP contribution < -0.4 is 5.32 Å². The fraction of sp³-hybridized carbons (Fsp3) is 0.389. The number of carbonyl (C=O) groups is 2. The monoisotopic (exact) mass is 327 g/mol. The Morgan fingerprint density at radius 1 is 1.33 bits per heavy atom. The van der Waals surface area contributed by atoms with Crippen molar-refractivity contribution in [2.75, 3.05) is 18.5 Å². The van der Waals surface area contributed by atoms with E-state index in [-0.39, 0.29) is 11.9 Å². The van der Waals surface area contributed by atoms with E-state index in [2.05, 4.69) is 10.4 Å². The third kappa shape index (κ3) is 3.23. The second-order valence-corrected chi connectivity index (χ2v) is 6.08. The lowest BCUT2D eigenvalue weighted by Crippen LogP contribution is -2.22. The van der Waals surface area contributed by atoms with Crippen LogP contribution in [0.5, 0.6) is 0 Å². The number of hydrogen-bond donors (Lipinski definition) is 1. The highest BCUT2D eigenvalue weighted by Crippen LogP contribution is 2.23. The molecule has 1 saturated heterocycles. The number of anilines is 1. The highest BCUT2D eigenvalue weighted by Gasteiger charge is 2.21. The van der Waals surface area contributed by atoms with Gasteiger partial charge in [-0.1, -0.05) is 0 Å². The molecule has 126 valence electrons. The normalized spacial score (nSPS) is 15.2. The first-order chi connectivity index (χ1) is 11.6. The van der Waals surface area contributed by atoms with E-state index in [0.717, 1.165) is 43.6 Å². The molecule has 1 aromatic heterocycles. The lowest BCUT2D eigenvalue weighted by molar-refractivity contribution is 0.0656. The van der Waals surface area contributed by atoms with Crippen LogP contribution in [-0.4, -0.2) is 35.2 Å². The SMILES string of the molecule is Cc1cc(NC(=O)c2cnn(C3CCOCC3)c2C)ccc1C=O. The molecule has 2 heterocycles. The number of aldehydes is 1. The molecule has 1 N–H and O–H groups in total. The molecule has 3 rings (SSSR count). The Labute approximate surface area is 140 Å². The van der Waals surface area contributed by atoms with E-state index in [0.29, 0.717) is 16.8 Å². The van der Waals surface area contributed by atoms with E-state index in [9.17, 15) is 9.59 Å². The molecule has 0 aliphatic carbocycles. The smallest absolute Gasteiger partial charge is 0.259 e. The minimum Gasteiger partial charge on any atom is -0.381 e. The van der Waals surface area contributed by atoms with Gasteiger partial charge in [0.1, 0.15) is 6.29 Å². The van der Waals surface area contributed by atoms with E-state index >= 15 is 0 Å². The fourth-order valence-electron chi connectivity index (χ4n) is 3.03. The lowest BCUT2D eigenvalue weighted by atomic mass is 10.1. The van der Waals surface area contributed by atoms with Crippen LogP contribution >= 0.6 is 0 Å². The van der Waals surface area contributed by atoms with Crippen molar-refractivity contribution in [1.29, 1.82) is 0 Å². The van der Waals surface area contributed by atoms with Crippen LogP contribution in [0.15, 0.2) is 24.4 Å². The van der Waals surface area contributed by atoms with Gasteiger partial charge in [0.15, 0.2) is 0 Å². The highest BCUT2D eigenvalue weighted by atomic mass is 16.5. The molecule has 6 nitrogen and oxygen atoms in total. The Morgan fingerprint density at radius 3 is 2.75 bits per heavy atom. The molecule has 2 aromatic rings. The number of benzene rings is 1. The molecule has 0 bridgehead atoms. The van der Waals surface area contributed by atoms with Gasteiger partial charge in [0.05, 0.1) is 17.8 Å². The van der Waals surface area contributed by atoms with Gasteiger partial charge in [0, 0.05) is 30.2 Å². The minimum absolute atomic E-state index is 0.191. The van der Waals surface area contributed by atoms with Crippen molar-refractivity contribution >= 4 is 17.9 Å². The van der Waals surface area contributed by atoms with E-state index in [1.54, 1.807) is 24.4 Å². The molecule has 0 unspecified atom stereocenters. The molecule has 0 saturated carbocycles. The summed E-state index contributed by atoms with van der Waals surface area (Å²) in [4.78, 5) is 23.4. The molecule has 24 heavy (non-hydrogen) atoms. The largest absolute Gasteiger partial charge is 0.381 e. The molecular weight excluding hydrogens is 306 g/mol. The number of amides is 1. The average molecular weight is 327 g/mol. The maximum absolute atomic E-state index is 12.5. The van der Waals surface area contributed by atoms with Crippen molar-refractivity contribution in [3.8, 4) is 0 Å². The zero-order valence-corrected chi connectivity index (χ0v) is 13.9. The summed E-state index contributed by atoms with van der Waals surface area (Å²) in [7, 11) is 0. The standard InChI is InChI=1S/C18H21N3O3/c1-12-9-15(4-3-14(12)11-22)20-18(23)17-10-19-21(13(17)2)16-5-7-24-8-6-16/h3-4,9-11,16H,5-8H2,1-2H3,(H,20,23). The summed E-state index contributed by atoms with van der Waals surface area (Å²) in [5.74, 6) is -0.191. The van der Waals surface area contributed by atoms with E-state index in [1.807, 2.05) is 18.5 Å². The maximum atomic E-state index is 12.5. The average Bonchev–Trinajstić information content (AvgIpc) is 2.97. The van der Waals surface area contributed by atoms with Gasteiger partial charge in [-0.25, -0.2) is 0 Å². The van der Waals surface area contributed by atoms with Gasteiger partial charge in [0.25, 0.3) is 5.91 Å². The van der Waals surface area contributed by atoms with Crippen LogP contribution in [0.3, 0.4) is 0 Å². The highest BCUT2D eigenvalue weighted by molar-refractivity contribution is 6.05. The van der Waals surface area contributed by atoms with Crippen molar-refractivity contribution in [2.45, 2.75) is 32.7 Å². The lowest BCUT2D eigenvalue weighted by Gasteiger charge is -2.23. The Balaban J connectivity index is 1.76. The van der Waals surface area contributed by atoms with Crippen molar-refractivity contribution in [3.63, 3.8) is 0 Å². The molecule has 1 amide bonds. The second kappa shape index (κ2) is 6.97. The van der Waals surface area contributed by atoms with Crippen LogP contribution in [0.1, 0.15) is 50.9 Å². The first-order valence-corrected chi connectivity index (χ1v) is 8.09. The summed E-state index contributed by atoms with van der Waals surface area (Å²) in [6, 6.07) is 5.51. The van der Waals surface area contributed by atoms with E-state index < -0.39 is 0 Å². The predicted molar refractivity (Wildman–Crippen MR) is 90.6 cm³/mol. The van der Waals surface area contributed by atoms with Crippen LogP contribution in [0.25, 0.3) is 0 Å². The van der Waals surface area contributed by atoms with Gasteiger partial charge < -0.3 is 10.1 Å². The van der Waals surface area contributed by atoms with Gasteiger partial charge in [-0.2, -0.15) is 5.10 Å². The molecule has 1 aliphatic rings. The first kappa shape index (κ1) is 16.4. The third-order valence-corrected chi connectivity index (χ3v) is 4.48. The molecule has 1 fully saturated rings. The van der Waals surface area contributed by atoms with Crippen molar-refractivity contribution in [1.82, 2.24) is 9.78 Å². The Bertz CT molecular complexity index is 761. The quantitative estimate of drug-likeness (QED) is 0.876. The summed E-state index contributed by atoms with van der Waals surface area (Å²) in [6.45, 7) is 5.22. The Kier molecular flexibility index (Phi) is 4.76. The van der Waals surface area contributed by atoms with Gasteiger partial charge in [-0.05, 0) is 50.5 Å². The van der Waals surface area contributed by atoms with Crippen molar-refractivity contribution < 1.29 is 14.3 Å². The Hall–Kier alpha value is -2.47. The zero-order chi connectivity index (χ0) is 17.1. The number of carbonyl (C=O) groups excluding carboxylic acids is 2. The van der Waals surface area contributed by atoms with E-state index in [1.165, 1.54) is 0 Å². The molecule has 0 spiro atoms. The zero-order valence-electron chi connectivity index (χ0n) is 13.9. The van der Waals surface area contributed by atoms with Gasteiger partial charge in [-0.3, -0.25) is 14.3 Å². The van der Waals surface area contributed by atoms with Crippen LogP contribution in [0, 0.1) is 13.8 Å². The summed E-state index contributed by atoms with van der Waals surface area (Å²) in [5, 5.41) is 7.28. The molecule has 0 radical (unpaired) electrons. The van der Waals surface area contributed by atoms with Crippen molar-refractivity contribution in [2.24, 2.45) is 0 Å². The number of ether oxygens (including phenoxy) is 1. The van der Waals surface area contributed by atoms with E-state index in [4.69, 9.17) is 4.74 Å². The molecular formula is C18H21N3O3. The first-order valence-electron chi connectivity index (χ1n) is 8.09. The maximum Gasteiger partial charge on any atom is 0.259 e. The second-order valence-electron chi connectivity index (χ2n) is 6.08. The fourth-order valence-corrected chi connectivity index (χ4v) is 3.03. The minimum atomic E-state index is -0.191. The summed E-state index contributed by atoms with van der Waals surface area (Å²) < 4.78 is 7.31. The van der Waals surface area contributed by atoms with Gasteiger partial charge in [0.2, 0.25) is 0 Å². The molecule has 1 aliphatic heterocycles. The molecule has 0 atom stereocenters. The molecule has 1 aromatic carbocycles. The number of aryl methyl sites for hydroxylation is 1. The van der Waals surface area contributed by atoms with Gasteiger partial charge >= 0.3 is 0 Å². The predicted octanol–water partition coefficient (Wildman–Crippen LogP) is 2.92. The molecule has 6 heteroatoms. The summed E-state index contributed by atoms with van der Waals surface area (Å²) >= 11 is 0. The summed E-state index contributed by atoms with van der Waals surface area (Å²) in [5.41, 5.74) is 3.55. The van der Waals surface area contributed by atoms with Crippen LogP contribution in [-0.2, 0) is 4.74 Å². The number of nitrogens with zero attached hydrogens (tertiary/aromatic N) is 2. The number of aromatic nitrogens is 2. The number of rotatable bonds is 4. The number of hydrogen-bond acceptors (Lipinski definition) is 4.